The minimum Gasteiger partial charge on any atom is -0.454 e. The van der Waals surface area contributed by atoms with Gasteiger partial charge >= 0.3 is 6.18 Å². The van der Waals surface area contributed by atoms with Crippen LogP contribution in [0.25, 0.3) is 0 Å². The van der Waals surface area contributed by atoms with E-state index in [9.17, 15) is 27.6 Å². The fourth-order valence-corrected chi connectivity index (χ4v) is 1.80. The lowest BCUT2D eigenvalue weighted by Gasteiger charge is -2.09. The fourth-order valence-electron chi connectivity index (χ4n) is 1.80. The third kappa shape index (κ3) is 5.86. The number of halogens is 3. The second-order valence-electron chi connectivity index (χ2n) is 4.92. The number of hydrogen-bond donors (Lipinski definition) is 3. The Labute approximate surface area is 139 Å². The number of alkyl halides is 3. The zero-order valence-electron chi connectivity index (χ0n) is 12.7. The Balaban J connectivity index is 1.71. The van der Waals surface area contributed by atoms with E-state index in [0.29, 0.717) is 11.5 Å². The van der Waals surface area contributed by atoms with Gasteiger partial charge in [-0.1, -0.05) is 0 Å². The molecule has 1 aliphatic heterocycles. The standard InChI is InChI=1S/C14H14F3N3O5/c15-14(16,17)6-20-12(22)4-18-11(21)5-19-13(23)8-1-2-9-10(3-8)25-7-24-9/h1-3H,4-7H2,(H,18,21)(H,19,23)(H,20,22). The summed E-state index contributed by atoms with van der Waals surface area (Å²) in [5, 5.41) is 6.00. The van der Waals surface area contributed by atoms with E-state index in [1.807, 2.05) is 0 Å². The van der Waals surface area contributed by atoms with Crippen LogP contribution in [0.2, 0.25) is 0 Å². The van der Waals surface area contributed by atoms with Crippen LogP contribution >= 0.6 is 0 Å². The highest BCUT2D eigenvalue weighted by atomic mass is 19.4. The Bertz CT molecular complexity index is 678. The molecule has 0 aromatic heterocycles. The third-order valence-corrected chi connectivity index (χ3v) is 2.98. The van der Waals surface area contributed by atoms with E-state index in [2.05, 4.69) is 10.6 Å². The molecular formula is C14H14F3N3O5. The van der Waals surface area contributed by atoms with Crippen LogP contribution in [0, 0.1) is 0 Å². The van der Waals surface area contributed by atoms with Crippen molar-refractivity contribution in [3.63, 3.8) is 0 Å². The maximum Gasteiger partial charge on any atom is 0.405 e. The van der Waals surface area contributed by atoms with Crippen molar-refractivity contribution in [2.45, 2.75) is 6.18 Å². The summed E-state index contributed by atoms with van der Waals surface area (Å²) < 4.78 is 45.9. The van der Waals surface area contributed by atoms with Crippen LogP contribution in [0.5, 0.6) is 11.5 Å². The van der Waals surface area contributed by atoms with E-state index in [0.717, 1.165) is 0 Å². The lowest BCUT2D eigenvalue weighted by molar-refractivity contribution is -0.138. The minimum atomic E-state index is -4.53. The van der Waals surface area contributed by atoms with Gasteiger partial charge in [0.15, 0.2) is 11.5 Å². The van der Waals surface area contributed by atoms with Gasteiger partial charge in [-0.25, -0.2) is 0 Å². The summed E-state index contributed by atoms with van der Waals surface area (Å²) in [6.07, 6.45) is -4.53. The quantitative estimate of drug-likeness (QED) is 0.658. The Morgan fingerprint density at radius 2 is 1.60 bits per heavy atom. The number of carbonyl (C=O) groups is 3. The monoisotopic (exact) mass is 361 g/mol. The predicted octanol–water partition coefficient (Wildman–Crippen LogP) is -0.0602. The van der Waals surface area contributed by atoms with Gasteiger partial charge in [-0.3, -0.25) is 14.4 Å². The van der Waals surface area contributed by atoms with Crippen LogP contribution in [0.3, 0.4) is 0 Å². The van der Waals surface area contributed by atoms with Crippen LogP contribution < -0.4 is 25.4 Å². The van der Waals surface area contributed by atoms with Crippen molar-refractivity contribution < 1.29 is 37.0 Å². The molecule has 11 heteroatoms. The van der Waals surface area contributed by atoms with Gasteiger partial charge in [0.2, 0.25) is 18.6 Å². The first-order valence-corrected chi connectivity index (χ1v) is 7.02. The Hall–Kier alpha value is -2.98. The molecular weight excluding hydrogens is 347 g/mol. The van der Waals surface area contributed by atoms with E-state index in [1.54, 1.807) is 11.4 Å². The van der Waals surface area contributed by atoms with Crippen molar-refractivity contribution in [3.8, 4) is 11.5 Å². The molecule has 0 unspecified atom stereocenters. The van der Waals surface area contributed by atoms with Gasteiger partial charge in [0.1, 0.15) is 6.54 Å². The summed E-state index contributed by atoms with van der Waals surface area (Å²) in [6, 6.07) is 4.47. The topological polar surface area (TPSA) is 106 Å². The summed E-state index contributed by atoms with van der Waals surface area (Å²) >= 11 is 0. The first-order valence-electron chi connectivity index (χ1n) is 7.02. The number of fused-ring (bicyclic) bond motifs is 1. The van der Waals surface area contributed by atoms with Crippen molar-refractivity contribution >= 4 is 17.7 Å². The van der Waals surface area contributed by atoms with Crippen molar-refractivity contribution in [1.82, 2.24) is 16.0 Å². The van der Waals surface area contributed by atoms with Crippen LogP contribution in [-0.2, 0) is 9.59 Å². The van der Waals surface area contributed by atoms with Crippen molar-refractivity contribution in [2.24, 2.45) is 0 Å². The van der Waals surface area contributed by atoms with E-state index < -0.39 is 43.5 Å². The average molecular weight is 361 g/mol. The molecule has 3 amide bonds. The highest BCUT2D eigenvalue weighted by Crippen LogP contribution is 2.32. The van der Waals surface area contributed by atoms with Gasteiger partial charge in [0, 0.05) is 5.56 Å². The molecule has 0 saturated heterocycles. The number of amides is 3. The maximum atomic E-state index is 11.9. The molecule has 25 heavy (non-hydrogen) atoms. The van der Waals surface area contributed by atoms with Gasteiger partial charge < -0.3 is 25.4 Å². The van der Waals surface area contributed by atoms with Crippen LogP contribution in [-0.4, -0.2) is 50.3 Å². The van der Waals surface area contributed by atoms with E-state index in [-0.39, 0.29) is 12.4 Å². The number of carbonyl (C=O) groups excluding carboxylic acids is 3. The second kappa shape index (κ2) is 7.73. The Morgan fingerprint density at radius 3 is 2.32 bits per heavy atom. The molecule has 0 atom stereocenters. The van der Waals surface area contributed by atoms with Crippen molar-refractivity contribution in [3.05, 3.63) is 23.8 Å². The van der Waals surface area contributed by atoms with Gasteiger partial charge in [-0.05, 0) is 18.2 Å². The molecule has 0 radical (unpaired) electrons. The average Bonchev–Trinajstić information content (AvgIpc) is 3.02. The molecule has 1 heterocycles. The van der Waals surface area contributed by atoms with Crippen LogP contribution in [0.15, 0.2) is 18.2 Å². The smallest absolute Gasteiger partial charge is 0.405 e. The predicted molar refractivity (Wildman–Crippen MR) is 77.0 cm³/mol. The number of nitrogens with one attached hydrogen (secondary N) is 3. The van der Waals surface area contributed by atoms with Crippen molar-refractivity contribution in [2.75, 3.05) is 26.4 Å². The highest BCUT2D eigenvalue weighted by Gasteiger charge is 2.27. The first-order chi connectivity index (χ1) is 11.7. The molecule has 0 spiro atoms. The molecule has 0 fully saturated rings. The third-order valence-electron chi connectivity index (χ3n) is 2.98. The largest absolute Gasteiger partial charge is 0.454 e. The van der Waals surface area contributed by atoms with E-state index in [4.69, 9.17) is 9.47 Å². The molecule has 1 aromatic carbocycles. The number of rotatable bonds is 6. The SMILES string of the molecule is O=C(CNC(=O)CNC(=O)c1ccc2c(c1)OCO2)NCC(F)(F)F. The summed E-state index contributed by atoms with van der Waals surface area (Å²) in [5.74, 6) is -1.38. The molecule has 8 nitrogen and oxygen atoms in total. The molecule has 1 aromatic rings. The summed E-state index contributed by atoms with van der Waals surface area (Å²) in [6.45, 7) is -2.50. The summed E-state index contributed by atoms with van der Waals surface area (Å²) in [7, 11) is 0. The van der Waals surface area contributed by atoms with Gasteiger partial charge in [0.25, 0.3) is 5.91 Å². The highest BCUT2D eigenvalue weighted by molar-refractivity contribution is 5.97. The molecule has 0 bridgehead atoms. The molecule has 136 valence electrons. The van der Waals surface area contributed by atoms with Crippen molar-refractivity contribution in [1.29, 1.82) is 0 Å². The molecule has 0 saturated carbocycles. The zero-order chi connectivity index (χ0) is 18.4. The maximum absolute atomic E-state index is 11.9. The number of benzene rings is 1. The lowest BCUT2D eigenvalue weighted by atomic mass is 10.2. The summed E-state index contributed by atoms with van der Waals surface area (Å²) in [4.78, 5) is 34.5. The molecule has 2 rings (SSSR count). The molecule has 3 N–H and O–H groups in total. The van der Waals surface area contributed by atoms with Crippen LogP contribution in [0.4, 0.5) is 13.2 Å². The second-order valence-corrected chi connectivity index (χ2v) is 4.92. The number of ether oxygens (including phenoxy) is 2. The van der Waals surface area contributed by atoms with Gasteiger partial charge in [-0.2, -0.15) is 13.2 Å². The molecule has 0 aliphatic carbocycles. The zero-order valence-corrected chi connectivity index (χ0v) is 12.7. The van der Waals surface area contributed by atoms with E-state index in [1.165, 1.54) is 12.1 Å². The molecule has 1 aliphatic rings. The first kappa shape index (κ1) is 18.4. The lowest BCUT2D eigenvalue weighted by Crippen LogP contribution is -2.43. The fraction of sp³-hybridized carbons (Fsp3) is 0.357. The Morgan fingerprint density at radius 1 is 0.960 bits per heavy atom. The minimum absolute atomic E-state index is 0.0548. The van der Waals surface area contributed by atoms with Gasteiger partial charge in [0.05, 0.1) is 13.1 Å². The summed E-state index contributed by atoms with van der Waals surface area (Å²) in [5.41, 5.74) is 0.236. The van der Waals surface area contributed by atoms with Crippen LogP contribution in [0.1, 0.15) is 10.4 Å². The Kier molecular flexibility index (Phi) is 5.67. The van der Waals surface area contributed by atoms with Gasteiger partial charge in [-0.15, -0.1) is 0 Å². The number of hydrogen-bond acceptors (Lipinski definition) is 5. The normalized spacial score (nSPS) is 12.4. The van der Waals surface area contributed by atoms with E-state index >= 15 is 0 Å².